The Morgan fingerprint density at radius 2 is 2.18 bits per heavy atom. The number of anilines is 1. The van der Waals surface area contributed by atoms with E-state index < -0.39 is 0 Å². The third kappa shape index (κ3) is 3.60. The van der Waals surface area contributed by atoms with E-state index in [1.807, 2.05) is 11.6 Å². The van der Waals surface area contributed by atoms with Crippen molar-refractivity contribution in [3.8, 4) is 22.9 Å². The molecule has 3 aromatic heterocycles. The van der Waals surface area contributed by atoms with Crippen LogP contribution in [0.4, 0.5) is 10.3 Å². The van der Waals surface area contributed by atoms with Crippen molar-refractivity contribution in [3.63, 3.8) is 0 Å². The lowest BCUT2D eigenvalue weighted by molar-refractivity contribution is 0.356. The Labute approximate surface area is 203 Å². The molecule has 0 spiro atoms. The Kier molecular flexibility index (Phi) is 5.44. The van der Waals surface area contributed by atoms with Gasteiger partial charge in [-0.05, 0) is 55.5 Å². The maximum Gasteiger partial charge on any atom is 0.208 e. The van der Waals surface area contributed by atoms with Crippen LogP contribution in [0.3, 0.4) is 0 Å². The highest BCUT2D eigenvalue weighted by Gasteiger charge is 2.23. The average molecular weight is 557 g/mol. The van der Waals surface area contributed by atoms with Crippen molar-refractivity contribution >= 4 is 34.2 Å². The van der Waals surface area contributed by atoms with Gasteiger partial charge in [0.15, 0.2) is 11.3 Å². The summed E-state index contributed by atoms with van der Waals surface area (Å²) in [5.41, 5.74) is 4.90. The minimum Gasteiger partial charge on any atom is -0.493 e. The summed E-state index contributed by atoms with van der Waals surface area (Å²) in [5.74, 6) is 0.917. The van der Waals surface area contributed by atoms with E-state index in [0.717, 1.165) is 31.8 Å². The van der Waals surface area contributed by atoms with Crippen LogP contribution >= 0.6 is 22.6 Å². The highest BCUT2D eigenvalue weighted by Crippen LogP contribution is 2.34. The van der Waals surface area contributed by atoms with Gasteiger partial charge in [0.25, 0.3) is 0 Å². The first kappa shape index (κ1) is 21.6. The van der Waals surface area contributed by atoms with E-state index >= 15 is 0 Å². The fourth-order valence-electron chi connectivity index (χ4n) is 4.18. The summed E-state index contributed by atoms with van der Waals surface area (Å²) in [6.45, 7) is 6.90. The van der Waals surface area contributed by atoms with Gasteiger partial charge in [-0.3, -0.25) is 9.08 Å². The van der Waals surface area contributed by atoms with Gasteiger partial charge in [-0.15, -0.1) is 0 Å². The monoisotopic (exact) mass is 557 g/mol. The highest BCUT2D eigenvalue weighted by atomic mass is 127. The smallest absolute Gasteiger partial charge is 0.208 e. The van der Waals surface area contributed by atoms with E-state index in [4.69, 9.17) is 4.74 Å². The lowest BCUT2D eigenvalue weighted by Gasteiger charge is -2.13. The zero-order valence-corrected chi connectivity index (χ0v) is 20.5. The third-order valence-electron chi connectivity index (χ3n) is 5.75. The number of halogens is 2. The predicted molar refractivity (Wildman–Crippen MR) is 130 cm³/mol. The van der Waals surface area contributed by atoms with E-state index in [1.165, 1.54) is 6.07 Å². The molecule has 1 aromatic carbocycles. The number of rotatable bonds is 5. The minimum absolute atomic E-state index is 0.204. The van der Waals surface area contributed by atoms with Crippen LogP contribution < -0.4 is 10.1 Å². The van der Waals surface area contributed by atoms with E-state index in [2.05, 4.69) is 62.9 Å². The van der Waals surface area contributed by atoms with Crippen molar-refractivity contribution in [1.82, 2.24) is 24.1 Å². The van der Waals surface area contributed by atoms with Crippen LogP contribution in [0.5, 0.6) is 5.75 Å². The Morgan fingerprint density at radius 1 is 1.36 bits per heavy atom. The summed E-state index contributed by atoms with van der Waals surface area (Å²) in [7, 11) is 0. The largest absolute Gasteiger partial charge is 0.493 e. The molecule has 0 saturated carbocycles. The van der Waals surface area contributed by atoms with Gasteiger partial charge < -0.3 is 10.1 Å². The number of ether oxygens (including phenoxy) is 1. The molecule has 4 heterocycles. The lowest BCUT2D eigenvalue weighted by Crippen LogP contribution is -2.10. The molecule has 1 N–H and O–H groups in total. The number of fused-ring (bicyclic) bond motifs is 2. The number of nitrogens with zero attached hydrogens (tertiary/aromatic N) is 6. The molecule has 1 aliphatic heterocycles. The van der Waals surface area contributed by atoms with Gasteiger partial charge in [0.2, 0.25) is 5.95 Å². The molecule has 0 atom stereocenters. The summed E-state index contributed by atoms with van der Waals surface area (Å²) in [6.07, 6.45) is 4.04. The number of aryl methyl sites for hydroxylation is 1. The molecule has 168 valence electrons. The quantitative estimate of drug-likeness (QED) is 0.360. The van der Waals surface area contributed by atoms with Gasteiger partial charge in [-0.2, -0.15) is 10.4 Å². The van der Waals surface area contributed by atoms with Gasteiger partial charge in [-0.25, -0.2) is 14.4 Å². The minimum atomic E-state index is -0.283. The SMILES string of the molecule is Cc1nn(C(C)C)c(I)c1-c1cnc(NCc2c(F)ccc3c2CCO3)n2cc(C#N)nc12. The molecule has 0 saturated heterocycles. The Morgan fingerprint density at radius 3 is 2.91 bits per heavy atom. The summed E-state index contributed by atoms with van der Waals surface area (Å²) in [4.78, 5) is 9.14. The van der Waals surface area contributed by atoms with E-state index in [1.54, 1.807) is 22.9 Å². The fraction of sp³-hybridized carbons (Fsp3) is 0.304. The van der Waals surface area contributed by atoms with Crippen LogP contribution in [-0.4, -0.2) is 30.8 Å². The van der Waals surface area contributed by atoms with Crippen LogP contribution in [0.1, 0.15) is 42.4 Å². The normalized spacial score (nSPS) is 12.8. The second-order valence-corrected chi connectivity index (χ2v) is 9.19. The number of benzene rings is 1. The van der Waals surface area contributed by atoms with Crippen molar-refractivity contribution in [2.75, 3.05) is 11.9 Å². The fourth-order valence-corrected chi connectivity index (χ4v) is 5.53. The summed E-state index contributed by atoms with van der Waals surface area (Å²) < 4.78 is 24.8. The van der Waals surface area contributed by atoms with E-state index in [-0.39, 0.29) is 24.1 Å². The molecule has 5 rings (SSSR count). The Hall–Kier alpha value is -3.20. The molecule has 10 heteroatoms. The zero-order valence-electron chi connectivity index (χ0n) is 18.4. The van der Waals surface area contributed by atoms with Gasteiger partial charge in [0.05, 0.1) is 18.5 Å². The molecule has 4 aromatic rings. The number of nitriles is 1. The standard InChI is InChI=1S/C23H21FIN7O/c1-12(2)32-21(25)20(13(3)30-32)17-10-28-23(31-11-14(8-26)29-22(17)31)27-9-16-15-6-7-33-19(15)5-4-18(16)24/h4-5,10-12H,6-7,9H2,1-3H3,(H,27,28). The van der Waals surface area contributed by atoms with Crippen molar-refractivity contribution in [2.24, 2.45) is 0 Å². The Bertz CT molecular complexity index is 1430. The summed E-state index contributed by atoms with van der Waals surface area (Å²) in [5, 5.41) is 17.4. The van der Waals surface area contributed by atoms with Crippen LogP contribution in [-0.2, 0) is 13.0 Å². The molecular weight excluding hydrogens is 536 g/mol. The maximum atomic E-state index is 14.6. The topological polar surface area (TPSA) is 93.1 Å². The Balaban J connectivity index is 1.58. The van der Waals surface area contributed by atoms with Crippen LogP contribution in [0.2, 0.25) is 0 Å². The van der Waals surface area contributed by atoms with Gasteiger partial charge in [0, 0.05) is 47.5 Å². The third-order valence-corrected chi connectivity index (χ3v) is 6.79. The molecule has 0 radical (unpaired) electrons. The number of hydrogen-bond acceptors (Lipinski definition) is 6. The zero-order chi connectivity index (χ0) is 23.3. The number of nitrogens with one attached hydrogen (secondary N) is 1. The number of imidazole rings is 1. The summed E-state index contributed by atoms with van der Waals surface area (Å²) >= 11 is 2.28. The second kappa shape index (κ2) is 8.30. The van der Waals surface area contributed by atoms with Crippen molar-refractivity contribution < 1.29 is 9.13 Å². The molecule has 0 unspecified atom stereocenters. The van der Waals surface area contributed by atoms with Gasteiger partial charge >= 0.3 is 0 Å². The first-order valence-electron chi connectivity index (χ1n) is 10.6. The average Bonchev–Trinajstić information content (AvgIpc) is 3.50. The summed E-state index contributed by atoms with van der Waals surface area (Å²) in [6, 6.07) is 5.40. The van der Waals surface area contributed by atoms with Crippen molar-refractivity contribution in [1.29, 1.82) is 5.26 Å². The van der Waals surface area contributed by atoms with Crippen LogP contribution in [0, 0.1) is 27.8 Å². The predicted octanol–water partition coefficient (Wildman–Crippen LogP) is 4.64. The van der Waals surface area contributed by atoms with E-state index in [9.17, 15) is 9.65 Å². The maximum absolute atomic E-state index is 14.6. The molecule has 0 fully saturated rings. The molecule has 0 aliphatic carbocycles. The van der Waals surface area contributed by atoms with E-state index in [0.29, 0.717) is 30.2 Å². The van der Waals surface area contributed by atoms with Gasteiger partial charge in [0.1, 0.15) is 21.3 Å². The van der Waals surface area contributed by atoms with Crippen molar-refractivity contribution in [3.05, 3.63) is 56.6 Å². The van der Waals surface area contributed by atoms with Crippen LogP contribution in [0.15, 0.2) is 24.5 Å². The first-order valence-corrected chi connectivity index (χ1v) is 11.7. The molecule has 1 aliphatic rings. The second-order valence-electron chi connectivity index (χ2n) is 8.17. The van der Waals surface area contributed by atoms with Crippen molar-refractivity contribution in [2.45, 2.75) is 39.8 Å². The number of aromatic nitrogens is 5. The van der Waals surface area contributed by atoms with Gasteiger partial charge in [-0.1, -0.05) is 0 Å². The molecule has 8 nitrogen and oxygen atoms in total. The first-order chi connectivity index (χ1) is 15.9. The highest BCUT2D eigenvalue weighted by molar-refractivity contribution is 14.1. The van der Waals surface area contributed by atoms with Crippen LogP contribution in [0.25, 0.3) is 16.8 Å². The molecule has 0 amide bonds. The lowest BCUT2D eigenvalue weighted by atomic mass is 10.0. The number of hydrogen-bond donors (Lipinski definition) is 1. The molecule has 0 bridgehead atoms. The molecular formula is C23H21FIN7O. The molecule has 33 heavy (non-hydrogen) atoms.